The van der Waals surface area contributed by atoms with Gasteiger partial charge in [0, 0.05) is 0 Å². The summed E-state index contributed by atoms with van der Waals surface area (Å²) in [5.41, 5.74) is 2.43. The van der Waals surface area contributed by atoms with Gasteiger partial charge in [-0.15, -0.1) is 0 Å². The molecule has 0 bridgehead atoms. The Bertz CT molecular complexity index is 987. The Morgan fingerprint density at radius 3 is 2.43 bits per heavy atom. The summed E-state index contributed by atoms with van der Waals surface area (Å²) >= 11 is 0. The van der Waals surface area contributed by atoms with Gasteiger partial charge in [0.05, 0.1) is 11.8 Å². The van der Waals surface area contributed by atoms with E-state index in [1.165, 1.54) is 5.06 Å². The van der Waals surface area contributed by atoms with Crippen LogP contribution in [0.2, 0.25) is 0 Å². The van der Waals surface area contributed by atoms with Crippen LogP contribution in [0.3, 0.4) is 0 Å². The van der Waals surface area contributed by atoms with Crippen molar-refractivity contribution < 1.29 is 24.0 Å². The molecule has 28 heavy (non-hydrogen) atoms. The molecule has 3 aromatic rings. The topological polar surface area (TPSA) is 87.1 Å². The maximum Gasteiger partial charge on any atom is 0.325 e. The van der Waals surface area contributed by atoms with Gasteiger partial charge in [0.25, 0.3) is 0 Å². The molecule has 3 aromatic carbocycles. The number of rotatable bonds is 9. The summed E-state index contributed by atoms with van der Waals surface area (Å²) in [6.07, 6.45) is 1.29. The first-order valence-corrected chi connectivity index (χ1v) is 10.7. The molecule has 0 aliphatic rings. The lowest BCUT2D eigenvalue weighted by Crippen LogP contribution is -2.21. The number of carbonyl (C=O) groups is 1. The van der Waals surface area contributed by atoms with E-state index in [4.69, 9.17) is 14.6 Å². The Morgan fingerprint density at radius 1 is 1.00 bits per heavy atom. The zero-order valence-electron chi connectivity index (χ0n) is 15.3. The van der Waals surface area contributed by atoms with Crippen LogP contribution in [0, 0.1) is 0 Å². The Labute approximate surface area is 163 Å². The van der Waals surface area contributed by atoms with Crippen molar-refractivity contribution in [3.63, 3.8) is 0 Å². The van der Waals surface area contributed by atoms with Gasteiger partial charge in [-0.05, 0) is 46.9 Å². The predicted molar refractivity (Wildman–Crippen MR) is 109 cm³/mol. The number of aryl methyl sites for hydroxylation is 1. The molecule has 0 saturated carbocycles. The van der Waals surface area contributed by atoms with E-state index < -0.39 is 7.60 Å². The van der Waals surface area contributed by atoms with Crippen LogP contribution in [0.25, 0.3) is 10.8 Å². The summed E-state index contributed by atoms with van der Waals surface area (Å²) in [5, 5.41) is 3.11. The van der Waals surface area contributed by atoms with Crippen LogP contribution in [0.4, 0.5) is 5.69 Å². The van der Waals surface area contributed by atoms with E-state index in [0.717, 1.165) is 21.9 Å². The van der Waals surface area contributed by atoms with Crippen molar-refractivity contribution in [3.05, 3.63) is 77.9 Å². The molecule has 3 rings (SSSR count). The van der Waals surface area contributed by atoms with Gasteiger partial charge in [0.15, 0.2) is 0 Å². The molecule has 0 aliphatic carbocycles. The fourth-order valence-corrected chi connectivity index (χ4v) is 3.64. The van der Waals surface area contributed by atoms with Gasteiger partial charge in [0.1, 0.15) is 6.61 Å². The van der Waals surface area contributed by atoms with Gasteiger partial charge >= 0.3 is 7.60 Å². The van der Waals surface area contributed by atoms with Crippen molar-refractivity contribution in [3.8, 4) is 0 Å². The van der Waals surface area contributed by atoms with Crippen LogP contribution in [0.5, 0.6) is 0 Å². The number of hydrogen-bond donors (Lipinski definition) is 2. The number of hydrogen-bond acceptors (Lipinski definition) is 3. The third-order valence-corrected chi connectivity index (χ3v) is 5.29. The van der Waals surface area contributed by atoms with Crippen LogP contribution >= 0.6 is 7.60 Å². The van der Waals surface area contributed by atoms with E-state index >= 15 is 0 Å². The van der Waals surface area contributed by atoms with E-state index in [-0.39, 0.29) is 12.8 Å². The minimum Gasteiger partial charge on any atom is -0.324 e. The third kappa shape index (κ3) is 5.50. The van der Waals surface area contributed by atoms with Gasteiger partial charge in [-0.2, -0.15) is 5.06 Å². The van der Waals surface area contributed by atoms with Crippen molar-refractivity contribution in [1.29, 1.82) is 0 Å². The minimum atomic E-state index is -4.04. The summed E-state index contributed by atoms with van der Waals surface area (Å²) in [4.78, 5) is 35.5. The van der Waals surface area contributed by atoms with Crippen molar-refractivity contribution in [1.82, 2.24) is 0 Å². The van der Waals surface area contributed by atoms with E-state index in [9.17, 15) is 9.36 Å². The monoisotopic (exact) mass is 399 g/mol. The average molecular weight is 399 g/mol. The summed E-state index contributed by atoms with van der Waals surface area (Å²) in [6.45, 7) is 0.250. The van der Waals surface area contributed by atoms with Crippen molar-refractivity contribution >= 4 is 30.5 Å². The number of anilines is 1. The maximum absolute atomic E-state index is 11.6. The lowest BCUT2D eigenvalue weighted by molar-refractivity contribution is -0.114. The molecule has 1 amide bonds. The second-order valence-corrected chi connectivity index (χ2v) is 8.28. The molecule has 0 aromatic heterocycles. The fraction of sp³-hybridized carbons (Fsp3) is 0.190. The Morgan fingerprint density at radius 2 is 1.71 bits per heavy atom. The number of amides is 1. The maximum atomic E-state index is 11.6. The van der Waals surface area contributed by atoms with Crippen molar-refractivity contribution in [2.24, 2.45) is 0 Å². The lowest BCUT2D eigenvalue weighted by Gasteiger charge is -2.19. The molecule has 0 fully saturated rings. The summed E-state index contributed by atoms with van der Waals surface area (Å²) in [6, 6.07) is 21.0. The van der Waals surface area contributed by atoms with Crippen LogP contribution in [-0.2, 0) is 27.2 Å². The molecular formula is C21H22NO5P. The van der Waals surface area contributed by atoms with Gasteiger partial charge in [-0.3, -0.25) is 14.2 Å². The highest BCUT2D eigenvalue weighted by Crippen LogP contribution is 2.36. The van der Waals surface area contributed by atoms with Crippen molar-refractivity contribution in [2.45, 2.75) is 19.4 Å². The first kappa shape index (κ1) is 20.2. The number of hydroxylamine groups is 1. The molecule has 0 unspecified atom stereocenters. The highest BCUT2D eigenvalue weighted by Gasteiger charge is 2.14. The largest absolute Gasteiger partial charge is 0.325 e. The highest BCUT2D eigenvalue weighted by atomic mass is 31.2. The summed E-state index contributed by atoms with van der Waals surface area (Å²) in [5.74, 6) is 0. The SMILES string of the molecule is O=CN(OCc1ccccc1)c1cc(CCCP(=O)(O)O)c2ccccc2c1. The van der Waals surface area contributed by atoms with Crippen LogP contribution in [-0.4, -0.2) is 22.4 Å². The molecule has 6 nitrogen and oxygen atoms in total. The van der Waals surface area contributed by atoms with Crippen LogP contribution in [0.1, 0.15) is 17.5 Å². The number of nitrogens with zero attached hydrogens (tertiary/aromatic N) is 1. The number of fused-ring (bicyclic) bond motifs is 1. The van der Waals surface area contributed by atoms with E-state index in [0.29, 0.717) is 24.9 Å². The van der Waals surface area contributed by atoms with Gasteiger partial charge in [-0.1, -0.05) is 54.6 Å². The Kier molecular flexibility index (Phi) is 6.60. The lowest BCUT2D eigenvalue weighted by atomic mass is 10.00. The molecular weight excluding hydrogens is 377 g/mol. The predicted octanol–water partition coefficient (Wildman–Crippen LogP) is 4.04. The summed E-state index contributed by atoms with van der Waals surface area (Å²) < 4.78 is 11.1. The molecule has 7 heteroatoms. The van der Waals surface area contributed by atoms with Crippen LogP contribution < -0.4 is 5.06 Å². The second kappa shape index (κ2) is 9.13. The number of benzene rings is 3. The first-order valence-electron chi connectivity index (χ1n) is 8.94. The van der Waals surface area contributed by atoms with Crippen LogP contribution in [0.15, 0.2) is 66.7 Å². The Hall–Kier alpha value is -2.50. The zero-order chi connectivity index (χ0) is 20.0. The van der Waals surface area contributed by atoms with Crippen molar-refractivity contribution in [2.75, 3.05) is 11.2 Å². The minimum absolute atomic E-state index is 0.173. The molecule has 0 saturated heterocycles. The Balaban J connectivity index is 1.84. The molecule has 0 aliphatic heterocycles. The smallest absolute Gasteiger partial charge is 0.324 e. The van der Waals surface area contributed by atoms with E-state index in [1.54, 1.807) is 0 Å². The number of carbonyl (C=O) groups excluding carboxylic acids is 1. The molecule has 0 atom stereocenters. The third-order valence-electron chi connectivity index (χ3n) is 4.39. The zero-order valence-corrected chi connectivity index (χ0v) is 16.2. The molecule has 0 heterocycles. The fourth-order valence-electron chi connectivity index (χ4n) is 3.07. The standard InChI is InChI=1S/C21H22NO5P/c23-16-22(27-15-17-7-2-1-3-8-17)20-13-18-9-4-5-11-21(18)19(14-20)10-6-12-28(24,25)26/h1-5,7-9,11,13-14,16H,6,10,12,15H2,(H2,24,25,26). The molecule has 146 valence electrons. The van der Waals surface area contributed by atoms with E-state index in [2.05, 4.69) is 0 Å². The second-order valence-electron chi connectivity index (χ2n) is 6.51. The van der Waals surface area contributed by atoms with E-state index in [1.807, 2.05) is 66.7 Å². The van der Waals surface area contributed by atoms with Gasteiger partial charge in [-0.25, -0.2) is 0 Å². The normalized spacial score (nSPS) is 11.5. The average Bonchev–Trinajstić information content (AvgIpc) is 2.68. The molecule has 2 N–H and O–H groups in total. The van der Waals surface area contributed by atoms with Gasteiger partial charge in [0.2, 0.25) is 6.41 Å². The highest BCUT2D eigenvalue weighted by molar-refractivity contribution is 7.51. The molecule has 0 radical (unpaired) electrons. The first-order chi connectivity index (χ1) is 13.5. The van der Waals surface area contributed by atoms with Gasteiger partial charge < -0.3 is 9.79 Å². The molecule has 0 spiro atoms. The quantitative estimate of drug-likeness (QED) is 0.322. The summed E-state index contributed by atoms with van der Waals surface area (Å²) in [7, 11) is -4.04.